The summed E-state index contributed by atoms with van der Waals surface area (Å²) in [6, 6.07) is 0. The van der Waals surface area contributed by atoms with Gasteiger partial charge in [-0.25, -0.2) is 0 Å². The Morgan fingerprint density at radius 3 is 0.600 bits per heavy atom. The summed E-state index contributed by atoms with van der Waals surface area (Å²) in [5.74, 6) is 0. The summed E-state index contributed by atoms with van der Waals surface area (Å²) in [5.41, 5.74) is 0. The first-order valence-electron chi connectivity index (χ1n) is 0. The molecule has 5 heavy (non-hydrogen) atoms. The summed E-state index contributed by atoms with van der Waals surface area (Å²) >= 11 is 0. The number of hydrogen-bond donors (Lipinski definition) is 0. The predicted molar refractivity (Wildman–Crippen MR) is 0 cm³/mol. The number of halogens is 4. The Labute approximate surface area is 99.3 Å². The van der Waals surface area contributed by atoms with Crippen LogP contribution >= 0.6 is 0 Å². The van der Waals surface area contributed by atoms with Crippen molar-refractivity contribution in [3.8, 4) is 0 Å². The van der Waals surface area contributed by atoms with E-state index in [4.69, 9.17) is 0 Å². The third-order valence-electron chi connectivity index (χ3n) is 0. The molecule has 0 aliphatic rings. The van der Waals surface area contributed by atoms with Crippen LogP contribution in [0, 0.1) is 0 Å². The fraction of sp³-hybridized carbons (Fsp3) is 0. The van der Waals surface area contributed by atoms with Crippen LogP contribution in [-0.2, 0) is 26.2 Å². The molecule has 0 atom stereocenters. The van der Waals surface area contributed by atoms with Crippen molar-refractivity contribution in [1.29, 1.82) is 0 Å². The van der Waals surface area contributed by atoms with E-state index < -0.39 is 0 Å². The molecule has 0 spiro atoms. The summed E-state index contributed by atoms with van der Waals surface area (Å²) in [4.78, 5) is 0. The monoisotopic (exact) mass is 454 g/mol. The van der Waals surface area contributed by atoms with E-state index in [-0.39, 0.29) is 101 Å². The molecular weight excluding hydrogens is 458 g/mol. The topological polar surface area (TPSA) is 0 Å². The number of hydrogen-bond acceptors (Lipinski definition) is 0. The maximum Gasteiger partial charge on any atom is 4.00 e. The fourth-order valence-electron chi connectivity index (χ4n) is 0. The maximum atomic E-state index is 0. The minimum Gasteiger partial charge on any atom is -1.00 e. The van der Waals surface area contributed by atoms with E-state index in [1.54, 1.807) is 0 Å². The maximum absolute atomic E-state index is 0. The molecule has 0 aromatic carbocycles. The van der Waals surface area contributed by atoms with Gasteiger partial charge in [-0.15, -0.1) is 0 Å². The van der Waals surface area contributed by atoms with Gasteiger partial charge in [0, 0.05) is 0 Å². The van der Waals surface area contributed by atoms with E-state index in [0.29, 0.717) is 0 Å². The van der Waals surface area contributed by atoms with Crippen LogP contribution in [0.5, 0.6) is 0 Å². The second-order valence-electron chi connectivity index (χ2n) is 0. The minimum atomic E-state index is 0. The predicted octanol–water partition coefficient (Wildman–Crippen LogP) is -12.0. The first-order chi connectivity index (χ1) is 0. The van der Waals surface area contributed by atoms with Gasteiger partial charge in [0.05, 0.1) is 0 Å². The van der Waals surface area contributed by atoms with Gasteiger partial charge in [0.25, 0.3) is 0 Å². The molecule has 0 fully saturated rings. The Morgan fingerprint density at radius 2 is 0.600 bits per heavy atom. The van der Waals surface area contributed by atoms with Gasteiger partial charge >= 0.3 is 26.2 Å². The molecule has 0 bridgehead atoms. The van der Waals surface area contributed by atoms with Crippen LogP contribution < -0.4 is 74.9 Å². The molecule has 0 rings (SSSR count). The molecule has 0 saturated carbocycles. The molecule has 0 N–H and O–H groups in total. The zero-order valence-corrected chi connectivity index (χ0v) is 11.4. The average Bonchev–Trinajstić information content (AvgIpc) is 0. The SMILES string of the molecule is [Br-].[Br-].[Br-].[I-].[Zr+4]. The van der Waals surface area contributed by atoms with Crippen LogP contribution in [0.4, 0.5) is 0 Å². The van der Waals surface area contributed by atoms with Crippen molar-refractivity contribution >= 4 is 0 Å². The Balaban J connectivity index is 0. The summed E-state index contributed by atoms with van der Waals surface area (Å²) in [6.45, 7) is 0. The molecule has 0 nitrogen and oxygen atoms in total. The average molecular weight is 458 g/mol. The summed E-state index contributed by atoms with van der Waals surface area (Å²) < 4.78 is 0. The van der Waals surface area contributed by atoms with Gasteiger partial charge in [0.1, 0.15) is 0 Å². The van der Waals surface area contributed by atoms with Crippen molar-refractivity contribution in [3.63, 3.8) is 0 Å². The Morgan fingerprint density at radius 1 is 0.600 bits per heavy atom. The largest absolute Gasteiger partial charge is 4.00 e. The molecule has 0 radical (unpaired) electrons. The van der Waals surface area contributed by atoms with Gasteiger partial charge in [-0.3, -0.25) is 0 Å². The first kappa shape index (κ1) is 43.0. The van der Waals surface area contributed by atoms with Crippen molar-refractivity contribution < 1.29 is 101 Å². The quantitative estimate of drug-likeness (QED) is 0.317. The summed E-state index contributed by atoms with van der Waals surface area (Å²) in [5, 5.41) is 0. The molecule has 0 aliphatic carbocycles. The van der Waals surface area contributed by atoms with Crippen molar-refractivity contribution in [2.45, 2.75) is 0 Å². The molecule has 0 aliphatic heterocycles. The molecule has 5 heteroatoms. The Hall–Kier alpha value is 3.05. The molecule has 0 aromatic heterocycles. The van der Waals surface area contributed by atoms with E-state index in [1.165, 1.54) is 0 Å². The summed E-state index contributed by atoms with van der Waals surface area (Å²) in [7, 11) is 0. The van der Waals surface area contributed by atoms with Crippen molar-refractivity contribution in [1.82, 2.24) is 0 Å². The fourth-order valence-corrected chi connectivity index (χ4v) is 0. The Bertz CT molecular complexity index is 6.85. The van der Waals surface area contributed by atoms with E-state index >= 15 is 0 Å². The molecular formula is Br3IZr. The number of rotatable bonds is 0. The Kier molecular flexibility index (Phi) is 238. The van der Waals surface area contributed by atoms with E-state index in [0.717, 1.165) is 0 Å². The third-order valence-corrected chi connectivity index (χ3v) is 0. The smallest absolute Gasteiger partial charge is 1.00 e. The zero-order valence-electron chi connectivity index (χ0n) is 2.01. The van der Waals surface area contributed by atoms with Gasteiger partial charge in [-0.05, 0) is 0 Å². The standard InChI is InChI=1S/3BrH.HI.Zr/h4*1H;/q;;;;+4/p-4. The van der Waals surface area contributed by atoms with E-state index in [2.05, 4.69) is 0 Å². The first-order valence-corrected chi connectivity index (χ1v) is 0. The molecule has 0 amide bonds. The van der Waals surface area contributed by atoms with Crippen LogP contribution in [-0.4, -0.2) is 0 Å². The molecule has 32 valence electrons. The third kappa shape index (κ3) is 19.3. The van der Waals surface area contributed by atoms with Crippen LogP contribution in [0.25, 0.3) is 0 Å². The molecule has 0 saturated heterocycles. The second kappa shape index (κ2) is 27.7. The van der Waals surface area contributed by atoms with Gasteiger partial charge < -0.3 is 74.9 Å². The van der Waals surface area contributed by atoms with Gasteiger partial charge in [0.15, 0.2) is 0 Å². The van der Waals surface area contributed by atoms with E-state index in [9.17, 15) is 0 Å². The van der Waals surface area contributed by atoms with E-state index in [1.807, 2.05) is 0 Å². The summed E-state index contributed by atoms with van der Waals surface area (Å²) in [6.07, 6.45) is 0. The molecule has 0 unspecified atom stereocenters. The van der Waals surface area contributed by atoms with Crippen molar-refractivity contribution in [3.05, 3.63) is 0 Å². The van der Waals surface area contributed by atoms with Crippen LogP contribution in [0.15, 0.2) is 0 Å². The van der Waals surface area contributed by atoms with Crippen molar-refractivity contribution in [2.24, 2.45) is 0 Å². The molecule has 0 aromatic rings. The molecule has 0 heterocycles. The van der Waals surface area contributed by atoms with Crippen LogP contribution in [0.3, 0.4) is 0 Å². The second-order valence-corrected chi connectivity index (χ2v) is 0. The van der Waals surface area contributed by atoms with Crippen LogP contribution in [0.2, 0.25) is 0 Å². The van der Waals surface area contributed by atoms with Crippen LogP contribution in [0.1, 0.15) is 0 Å². The van der Waals surface area contributed by atoms with Gasteiger partial charge in [-0.1, -0.05) is 0 Å². The van der Waals surface area contributed by atoms with Gasteiger partial charge in [0.2, 0.25) is 0 Å². The minimum absolute atomic E-state index is 0. The normalized spacial score (nSPS) is 0. The van der Waals surface area contributed by atoms with Gasteiger partial charge in [-0.2, -0.15) is 0 Å². The van der Waals surface area contributed by atoms with Crippen molar-refractivity contribution in [2.75, 3.05) is 0 Å². The zero-order chi connectivity index (χ0) is 0.